The van der Waals surface area contributed by atoms with E-state index in [4.69, 9.17) is 5.26 Å². The van der Waals surface area contributed by atoms with Crippen LogP contribution >= 0.6 is 0 Å². The van der Waals surface area contributed by atoms with Crippen LogP contribution in [0.1, 0.15) is 47.0 Å². The summed E-state index contributed by atoms with van der Waals surface area (Å²) in [5.41, 5.74) is -0.0556. The molecule has 0 bridgehead atoms. The van der Waals surface area contributed by atoms with E-state index in [1.54, 1.807) is 0 Å². The number of aliphatic imine (C=N–C) groups is 1. The smallest absolute Gasteiger partial charge is 0.209 e. The van der Waals surface area contributed by atoms with Crippen LogP contribution in [0.4, 0.5) is 5.69 Å². The third-order valence-corrected chi connectivity index (χ3v) is 4.45. The fourth-order valence-corrected chi connectivity index (χ4v) is 3.30. The quantitative estimate of drug-likeness (QED) is 0.378. The second-order valence-corrected chi connectivity index (χ2v) is 7.52. The number of guanidine groups is 1. The Morgan fingerprint density at radius 3 is 2.54 bits per heavy atom. The van der Waals surface area contributed by atoms with Gasteiger partial charge >= 0.3 is 0 Å². The molecule has 1 unspecified atom stereocenters. The highest BCUT2D eigenvalue weighted by molar-refractivity contribution is 5.94. The number of hydrogen-bond donors (Lipinski definition) is 2. The molecule has 129 valence electrons. The maximum atomic E-state index is 12.6. The highest BCUT2D eigenvalue weighted by atomic mass is 16.5. The van der Waals surface area contributed by atoms with E-state index in [1.165, 1.54) is 5.06 Å². The van der Waals surface area contributed by atoms with Crippen LogP contribution in [0.5, 0.6) is 0 Å². The summed E-state index contributed by atoms with van der Waals surface area (Å²) in [5, 5.41) is 28.6. The van der Waals surface area contributed by atoms with Crippen molar-refractivity contribution in [3.05, 3.63) is 30.3 Å². The van der Waals surface area contributed by atoms with Gasteiger partial charge in [-0.05, 0) is 59.1 Å². The summed E-state index contributed by atoms with van der Waals surface area (Å²) in [5.74, 6) is 0.418. The maximum Gasteiger partial charge on any atom is 0.209 e. The number of para-hydroxylation sites is 1. The van der Waals surface area contributed by atoms with Gasteiger partial charge in [0.25, 0.3) is 0 Å². The molecule has 1 radical (unpaired) electrons. The lowest BCUT2D eigenvalue weighted by molar-refractivity contribution is -0.269. The van der Waals surface area contributed by atoms with Gasteiger partial charge in [0.15, 0.2) is 6.19 Å². The van der Waals surface area contributed by atoms with Gasteiger partial charge in [-0.2, -0.15) is 5.26 Å². The van der Waals surface area contributed by atoms with Crippen LogP contribution in [0, 0.1) is 11.5 Å². The summed E-state index contributed by atoms with van der Waals surface area (Å²) in [4.78, 5) is 4.68. The predicted octanol–water partition coefficient (Wildman–Crippen LogP) is 3.28. The molecule has 24 heavy (non-hydrogen) atoms. The third kappa shape index (κ3) is 4.47. The van der Waals surface area contributed by atoms with Gasteiger partial charge in [-0.25, -0.2) is 4.99 Å². The van der Waals surface area contributed by atoms with Crippen molar-refractivity contribution in [2.75, 3.05) is 5.32 Å². The van der Waals surface area contributed by atoms with E-state index < -0.39 is 11.1 Å². The molecule has 2 N–H and O–H groups in total. The monoisotopic (exact) mass is 328 g/mol. The SMILES string of the molecule is CC1(C)CCC(N=C(NC#N)Nc2ccccc2)CC(C)(C)N1[O]. The molecule has 0 amide bonds. The number of nitriles is 1. The highest BCUT2D eigenvalue weighted by Gasteiger charge is 2.43. The Labute approximate surface area is 144 Å². The van der Waals surface area contributed by atoms with Crippen molar-refractivity contribution in [2.45, 2.75) is 64.1 Å². The van der Waals surface area contributed by atoms with E-state index in [0.717, 1.165) is 18.5 Å². The van der Waals surface area contributed by atoms with E-state index >= 15 is 0 Å². The molecule has 1 atom stereocenters. The minimum atomic E-state index is -0.501. The standard InChI is InChI=1S/C18H26N5O/c1-17(2)11-10-15(12-18(3,4)23(17)24)22-16(20-13-19)21-14-8-6-5-7-9-14/h5-9,15H,10-12H2,1-4H3,(H2,20,21,22). The number of hydroxylamine groups is 2. The van der Waals surface area contributed by atoms with Crippen molar-refractivity contribution < 1.29 is 5.21 Å². The Kier molecular flexibility index (Phi) is 5.47. The molecule has 1 aliphatic rings. The summed E-state index contributed by atoms with van der Waals surface area (Å²) in [7, 11) is 0. The fourth-order valence-electron chi connectivity index (χ4n) is 3.30. The average Bonchev–Trinajstić information content (AvgIpc) is 2.59. The van der Waals surface area contributed by atoms with E-state index in [0.29, 0.717) is 12.4 Å². The van der Waals surface area contributed by atoms with Crippen molar-refractivity contribution in [3.8, 4) is 6.19 Å². The molecule has 1 saturated heterocycles. The lowest BCUT2D eigenvalue weighted by Crippen LogP contribution is -2.51. The van der Waals surface area contributed by atoms with Gasteiger partial charge in [0.1, 0.15) is 0 Å². The molecule has 2 rings (SSSR count). The summed E-state index contributed by atoms with van der Waals surface area (Å²) in [6.07, 6.45) is 4.14. The van der Waals surface area contributed by atoms with Crippen LogP contribution in [0.3, 0.4) is 0 Å². The van der Waals surface area contributed by atoms with E-state index in [9.17, 15) is 5.21 Å². The number of nitrogens with one attached hydrogen (secondary N) is 2. The molecule has 0 spiro atoms. The van der Waals surface area contributed by atoms with Gasteiger partial charge in [-0.3, -0.25) is 5.32 Å². The first-order valence-electron chi connectivity index (χ1n) is 8.27. The molecular weight excluding hydrogens is 302 g/mol. The van der Waals surface area contributed by atoms with E-state index in [-0.39, 0.29) is 6.04 Å². The normalized spacial score (nSPS) is 23.8. The molecule has 1 heterocycles. The summed E-state index contributed by atoms with van der Waals surface area (Å²) in [6.45, 7) is 7.87. The number of rotatable bonds is 2. The molecule has 1 aromatic carbocycles. The minimum absolute atomic E-state index is 0.0229. The summed E-state index contributed by atoms with van der Waals surface area (Å²) >= 11 is 0. The molecule has 0 saturated carbocycles. The number of anilines is 1. The molecule has 0 aromatic heterocycles. The topological polar surface area (TPSA) is 83.3 Å². The van der Waals surface area contributed by atoms with E-state index in [1.807, 2.05) is 64.2 Å². The van der Waals surface area contributed by atoms with Gasteiger partial charge in [-0.1, -0.05) is 18.2 Å². The van der Waals surface area contributed by atoms with Crippen LogP contribution in [0.15, 0.2) is 35.3 Å². The van der Waals surface area contributed by atoms with Crippen LogP contribution in [-0.4, -0.2) is 28.1 Å². The molecule has 1 aliphatic heterocycles. The van der Waals surface area contributed by atoms with Crippen LogP contribution < -0.4 is 10.6 Å². The fraction of sp³-hybridized carbons (Fsp3) is 0.556. The first-order valence-corrected chi connectivity index (χ1v) is 8.27. The highest BCUT2D eigenvalue weighted by Crippen LogP contribution is 2.36. The molecule has 1 aromatic rings. The van der Waals surface area contributed by atoms with Crippen molar-refractivity contribution in [2.24, 2.45) is 4.99 Å². The summed E-state index contributed by atoms with van der Waals surface area (Å²) in [6, 6.07) is 9.56. The zero-order chi connectivity index (χ0) is 17.8. The molecular formula is C18H26N5O. The Morgan fingerprint density at radius 2 is 1.92 bits per heavy atom. The van der Waals surface area contributed by atoms with Gasteiger partial charge in [0, 0.05) is 16.8 Å². The molecule has 0 aliphatic carbocycles. The van der Waals surface area contributed by atoms with Crippen molar-refractivity contribution >= 4 is 11.6 Å². The molecule has 6 nitrogen and oxygen atoms in total. The Bertz CT molecular complexity index is 618. The first kappa shape index (κ1) is 18.2. The first-order chi connectivity index (χ1) is 11.2. The zero-order valence-corrected chi connectivity index (χ0v) is 14.8. The van der Waals surface area contributed by atoms with Crippen molar-refractivity contribution in [1.29, 1.82) is 5.26 Å². The minimum Gasteiger partial charge on any atom is -0.326 e. The average molecular weight is 328 g/mol. The lowest BCUT2D eigenvalue weighted by atomic mass is 9.94. The third-order valence-electron chi connectivity index (χ3n) is 4.45. The number of hydrogen-bond acceptors (Lipinski definition) is 3. The number of nitrogens with zero attached hydrogens (tertiary/aromatic N) is 3. The zero-order valence-electron chi connectivity index (χ0n) is 14.8. The van der Waals surface area contributed by atoms with Crippen LogP contribution in [-0.2, 0) is 5.21 Å². The van der Waals surface area contributed by atoms with Gasteiger partial charge in [0.2, 0.25) is 5.96 Å². The number of benzene rings is 1. The molecule has 6 heteroatoms. The maximum absolute atomic E-state index is 12.6. The van der Waals surface area contributed by atoms with Gasteiger partial charge < -0.3 is 5.32 Å². The predicted molar refractivity (Wildman–Crippen MR) is 94.6 cm³/mol. The van der Waals surface area contributed by atoms with Crippen molar-refractivity contribution in [3.63, 3.8) is 0 Å². The van der Waals surface area contributed by atoms with Gasteiger partial charge in [0.05, 0.1) is 6.04 Å². The van der Waals surface area contributed by atoms with Crippen molar-refractivity contribution in [1.82, 2.24) is 10.4 Å². The van der Waals surface area contributed by atoms with E-state index in [2.05, 4.69) is 15.6 Å². The van der Waals surface area contributed by atoms with Crippen LogP contribution in [0.2, 0.25) is 0 Å². The lowest BCUT2D eigenvalue weighted by Gasteiger charge is -2.39. The largest absolute Gasteiger partial charge is 0.326 e. The molecule has 1 fully saturated rings. The summed E-state index contributed by atoms with van der Waals surface area (Å²) < 4.78 is 0. The Morgan fingerprint density at radius 1 is 1.25 bits per heavy atom. The Hall–Kier alpha value is -2.10. The van der Waals surface area contributed by atoms with Gasteiger partial charge in [-0.15, -0.1) is 10.3 Å². The second-order valence-electron chi connectivity index (χ2n) is 7.52. The Balaban J connectivity index is 2.21. The van der Waals surface area contributed by atoms with Crippen LogP contribution in [0.25, 0.3) is 0 Å². The second kappa shape index (κ2) is 7.20.